The van der Waals surface area contributed by atoms with Crippen LogP contribution in [0.3, 0.4) is 0 Å². The molecule has 0 bridgehead atoms. The molecular formula is C4H3IN2OS. The van der Waals surface area contributed by atoms with Crippen LogP contribution in [0.5, 0.6) is 0 Å². The smallest absolute Gasteiger partial charge is 0.190 e. The van der Waals surface area contributed by atoms with Crippen molar-refractivity contribution < 1.29 is 4.79 Å². The molecule has 1 rings (SSSR count). The van der Waals surface area contributed by atoms with Gasteiger partial charge in [-0.2, -0.15) is 0 Å². The van der Waals surface area contributed by atoms with Crippen LogP contribution in [0.15, 0.2) is 0 Å². The molecule has 0 aliphatic heterocycles. The average molecular weight is 254 g/mol. The van der Waals surface area contributed by atoms with Gasteiger partial charge in [-0.05, 0) is 22.6 Å². The second kappa shape index (κ2) is 2.70. The monoisotopic (exact) mass is 254 g/mol. The van der Waals surface area contributed by atoms with E-state index in [0.29, 0.717) is 5.01 Å². The normalized spacial score (nSPS) is 9.56. The Bertz CT molecular complexity index is 234. The molecule has 0 aliphatic carbocycles. The molecular weight excluding hydrogens is 251 g/mol. The van der Waals surface area contributed by atoms with E-state index in [1.807, 2.05) is 22.6 Å². The maximum absolute atomic E-state index is 10.6. The van der Waals surface area contributed by atoms with Crippen LogP contribution in [-0.2, 0) is 0 Å². The van der Waals surface area contributed by atoms with Gasteiger partial charge in [-0.1, -0.05) is 11.3 Å². The zero-order chi connectivity index (χ0) is 6.85. The third-order valence-corrected chi connectivity index (χ3v) is 2.39. The molecule has 1 heterocycles. The van der Waals surface area contributed by atoms with Gasteiger partial charge in [0, 0.05) is 6.92 Å². The number of ketones is 1. The summed E-state index contributed by atoms with van der Waals surface area (Å²) in [5.41, 5.74) is 0. The summed E-state index contributed by atoms with van der Waals surface area (Å²) >= 11 is 3.34. The fraction of sp³-hybridized carbons (Fsp3) is 0.250. The van der Waals surface area contributed by atoms with Crippen LogP contribution in [0.2, 0.25) is 0 Å². The van der Waals surface area contributed by atoms with Crippen LogP contribution in [0, 0.1) is 3.01 Å². The molecule has 3 nitrogen and oxygen atoms in total. The van der Waals surface area contributed by atoms with Gasteiger partial charge in [-0.3, -0.25) is 4.79 Å². The zero-order valence-corrected chi connectivity index (χ0v) is 7.56. The van der Waals surface area contributed by atoms with Crippen molar-refractivity contribution in [1.29, 1.82) is 0 Å². The molecule has 0 N–H and O–H groups in total. The summed E-state index contributed by atoms with van der Waals surface area (Å²) in [7, 11) is 0. The van der Waals surface area contributed by atoms with E-state index >= 15 is 0 Å². The van der Waals surface area contributed by atoms with Gasteiger partial charge in [0.25, 0.3) is 0 Å². The minimum atomic E-state index is -0.0181. The molecule has 1 aromatic rings. The number of halogens is 1. The van der Waals surface area contributed by atoms with Gasteiger partial charge >= 0.3 is 0 Å². The van der Waals surface area contributed by atoms with E-state index in [0.717, 1.165) is 3.01 Å². The van der Waals surface area contributed by atoms with Crippen molar-refractivity contribution in [2.24, 2.45) is 0 Å². The highest BCUT2D eigenvalue weighted by Gasteiger charge is 2.04. The Hall–Kier alpha value is -0.0400. The van der Waals surface area contributed by atoms with Gasteiger partial charge in [-0.25, -0.2) is 0 Å². The SMILES string of the molecule is CC(=O)c1nnc(I)s1. The minimum Gasteiger partial charge on any atom is -0.292 e. The lowest BCUT2D eigenvalue weighted by molar-refractivity contribution is 0.101. The largest absolute Gasteiger partial charge is 0.292 e. The Kier molecular flexibility index (Phi) is 2.12. The molecule has 0 atom stereocenters. The molecule has 5 heteroatoms. The Balaban J connectivity index is 2.98. The molecule has 0 fully saturated rings. The van der Waals surface area contributed by atoms with Crippen LogP contribution in [0.4, 0.5) is 0 Å². The highest BCUT2D eigenvalue weighted by molar-refractivity contribution is 14.1. The molecule has 0 saturated carbocycles. The Morgan fingerprint density at radius 2 is 2.33 bits per heavy atom. The molecule has 0 spiro atoms. The first-order chi connectivity index (χ1) is 4.20. The van der Waals surface area contributed by atoms with Crippen molar-refractivity contribution in [3.05, 3.63) is 8.02 Å². The van der Waals surface area contributed by atoms with Crippen LogP contribution in [-0.4, -0.2) is 16.0 Å². The topological polar surface area (TPSA) is 42.9 Å². The minimum absolute atomic E-state index is 0.0181. The number of carbonyl (C=O) groups excluding carboxylic acids is 1. The van der Waals surface area contributed by atoms with Crippen molar-refractivity contribution in [2.45, 2.75) is 6.92 Å². The molecule has 1 aromatic heterocycles. The summed E-state index contributed by atoms with van der Waals surface area (Å²) in [5, 5.41) is 7.78. The van der Waals surface area contributed by atoms with Crippen molar-refractivity contribution >= 4 is 39.7 Å². The van der Waals surface area contributed by atoms with Crippen molar-refractivity contribution in [2.75, 3.05) is 0 Å². The first kappa shape index (κ1) is 7.07. The Labute approximate surface area is 69.6 Å². The van der Waals surface area contributed by atoms with Gasteiger partial charge in [0.2, 0.25) is 0 Å². The van der Waals surface area contributed by atoms with Crippen molar-refractivity contribution in [3.8, 4) is 0 Å². The number of hydrogen-bond donors (Lipinski definition) is 0. The second-order valence-corrected chi connectivity index (χ2v) is 4.15. The molecule has 0 unspecified atom stereocenters. The average Bonchev–Trinajstić information content (AvgIpc) is 2.14. The summed E-state index contributed by atoms with van der Waals surface area (Å²) < 4.78 is 0.804. The highest BCUT2D eigenvalue weighted by atomic mass is 127. The van der Waals surface area contributed by atoms with Crippen LogP contribution >= 0.6 is 33.9 Å². The van der Waals surface area contributed by atoms with E-state index in [1.54, 1.807) is 0 Å². The molecule has 0 aliphatic rings. The molecule has 0 aromatic carbocycles. The molecule has 0 amide bonds. The number of carbonyl (C=O) groups is 1. The van der Waals surface area contributed by atoms with Gasteiger partial charge in [-0.15, -0.1) is 10.2 Å². The summed E-state index contributed by atoms with van der Waals surface area (Å²) in [5.74, 6) is -0.0181. The van der Waals surface area contributed by atoms with Gasteiger partial charge in [0.1, 0.15) is 0 Å². The first-order valence-electron chi connectivity index (χ1n) is 2.20. The summed E-state index contributed by atoms with van der Waals surface area (Å²) in [6.45, 7) is 1.48. The number of nitrogens with zero attached hydrogens (tertiary/aromatic N) is 2. The third kappa shape index (κ3) is 1.68. The Morgan fingerprint density at radius 1 is 1.67 bits per heavy atom. The Morgan fingerprint density at radius 3 is 2.56 bits per heavy atom. The molecule has 0 saturated heterocycles. The van der Waals surface area contributed by atoms with Crippen molar-refractivity contribution in [3.63, 3.8) is 0 Å². The first-order valence-corrected chi connectivity index (χ1v) is 4.09. The number of hydrogen-bond acceptors (Lipinski definition) is 4. The quantitative estimate of drug-likeness (QED) is 0.561. The molecule has 48 valence electrons. The summed E-state index contributed by atoms with van der Waals surface area (Å²) in [6.07, 6.45) is 0. The maximum atomic E-state index is 10.6. The van der Waals surface area contributed by atoms with Gasteiger partial charge in [0.05, 0.1) is 0 Å². The molecule has 0 radical (unpaired) electrons. The van der Waals surface area contributed by atoms with E-state index in [9.17, 15) is 4.79 Å². The predicted molar refractivity (Wildman–Crippen MR) is 42.6 cm³/mol. The standard InChI is InChI=1S/C4H3IN2OS/c1-2(8)3-6-7-4(5)9-3/h1H3. The summed E-state index contributed by atoms with van der Waals surface area (Å²) in [6, 6.07) is 0. The fourth-order valence-corrected chi connectivity index (χ4v) is 1.55. The van der Waals surface area contributed by atoms with Gasteiger partial charge < -0.3 is 0 Å². The number of rotatable bonds is 1. The van der Waals surface area contributed by atoms with Crippen molar-refractivity contribution in [1.82, 2.24) is 10.2 Å². The zero-order valence-electron chi connectivity index (χ0n) is 4.59. The van der Waals surface area contributed by atoms with E-state index in [4.69, 9.17) is 0 Å². The van der Waals surface area contributed by atoms with Crippen LogP contribution in [0.1, 0.15) is 16.7 Å². The third-order valence-electron chi connectivity index (χ3n) is 0.702. The second-order valence-electron chi connectivity index (χ2n) is 1.42. The van der Waals surface area contributed by atoms with Crippen LogP contribution in [0.25, 0.3) is 0 Å². The molecule has 9 heavy (non-hydrogen) atoms. The fourth-order valence-electron chi connectivity index (χ4n) is 0.348. The highest BCUT2D eigenvalue weighted by Crippen LogP contribution is 2.11. The lowest BCUT2D eigenvalue weighted by atomic mass is 10.5. The van der Waals surface area contributed by atoms with Gasteiger partial charge in [0.15, 0.2) is 13.8 Å². The maximum Gasteiger partial charge on any atom is 0.190 e. The predicted octanol–water partition coefficient (Wildman–Crippen LogP) is 1.35. The van der Waals surface area contributed by atoms with E-state index in [-0.39, 0.29) is 5.78 Å². The number of Topliss-reactive ketones (excluding diaryl/α,β-unsaturated/α-hetero) is 1. The lowest BCUT2D eigenvalue weighted by Gasteiger charge is -1.76. The van der Waals surface area contributed by atoms with E-state index in [2.05, 4.69) is 10.2 Å². The summed E-state index contributed by atoms with van der Waals surface area (Å²) in [4.78, 5) is 10.6. The van der Waals surface area contributed by atoms with E-state index in [1.165, 1.54) is 18.3 Å². The number of aromatic nitrogens is 2. The van der Waals surface area contributed by atoms with E-state index < -0.39 is 0 Å². The van der Waals surface area contributed by atoms with Crippen LogP contribution < -0.4 is 0 Å². The lowest BCUT2D eigenvalue weighted by Crippen LogP contribution is -1.88.